The summed E-state index contributed by atoms with van der Waals surface area (Å²) in [6.07, 6.45) is 4.36. The molecule has 2 saturated heterocycles. The van der Waals surface area contributed by atoms with Gasteiger partial charge in [-0.15, -0.1) is 0 Å². The van der Waals surface area contributed by atoms with E-state index in [-0.39, 0.29) is 12.1 Å². The average molecular weight is 318 g/mol. The van der Waals surface area contributed by atoms with Gasteiger partial charge in [0, 0.05) is 26.2 Å². The Morgan fingerprint density at radius 3 is 2.70 bits per heavy atom. The lowest BCUT2D eigenvalue weighted by Crippen LogP contribution is -2.46. The van der Waals surface area contributed by atoms with Gasteiger partial charge in [-0.1, -0.05) is 18.2 Å². The number of carbonyl (C=O) groups is 1. The van der Waals surface area contributed by atoms with Crippen molar-refractivity contribution < 1.29 is 14.3 Å². The number of urea groups is 1. The average Bonchev–Trinajstić information content (AvgIpc) is 3.13. The second kappa shape index (κ2) is 8.20. The van der Waals surface area contributed by atoms with E-state index in [1.807, 2.05) is 35.2 Å². The van der Waals surface area contributed by atoms with E-state index in [1.165, 1.54) is 0 Å². The van der Waals surface area contributed by atoms with Crippen LogP contribution in [0.1, 0.15) is 25.7 Å². The van der Waals surface area contributed by atoms with Gasteiger partial charge >= 0.3 is 6.03 Å². The molecule has 0 aromatic heterocycles. The van der Waals surface area contributed by atoms with Crippen molar-refractivity contribution in [2.24, 2.45) is 5.92 Å². The number of rotatable bonds is 5. The number of hydrogen-bond donors (Lipinski definition) is 1. The highest BCUT2D eigenvalue weighted by molar-refractivity contribution is 5.74. The molecule has 2 aliphatic heterocycles. The van der Waals surface area contributed by atoms with E-state index < -0.39 is 0 Å². The first-order valence-electron chi connectivity index (χ1n) is 8.63. The minimum atomic E-state index is 0.0444. The molecule has 2 heterocycles. The number of nitrogens with one attached hydrogen (secondary N) is 1. The van der Waals surface area contributed by atoms with Crippen LogP contribution in [0, 0.1) is 5.92 Å². The molecule has 1 atom stereocenters. The van der Waals surface area contributed by atoms with Gasteiger partial charge in [-0.3, -0.25) is 0 Å². The smallest absolute Gasteiger partial charge is 0.317 e. The Bertz CT molecular complexity index is 480. The topological polar surface area (TPSA) is 50.8 Å². The van der Waals surface area contributed by atoms with E-state index >= 15 is 0 Å². The van der Waals surface area contributed by atoms with Crippen LogP contribution in [0.15, 0.2) is 30.3 Å². The normalized spacial score (nSPS) is 22.1. The fraction of sp³-hybridized carbons (Fsp3) is 0.611. The molecule has 0 spiro atoms. The zero-order valence-corrected chi connectivity index (χ0v) is 13.6. The number of benzene rings is 1. The molecule has 0 unspecified atom stereocenters. The molecule has 0 aliphatic carbocycles. The third-order valence-corrected chi connectivity index (χ3v) is 4.64. The first-order chi connectivity index (χ1) is 11.3. The third kappa shape index (κ3) is 4.86. The fourth-order valence-electron chi connectivity index (χ4n) is 3.15. The molecule has 2 amide bonds. The van der Waals surface area contributed by atoms with Crippen LogP contribution in [0.2, 0.25) is 0 Å². The van der Waals surface area contributed by atoms with E-state index in [0.717, 1.165) is 57.7 Å². The molecule has 0 bridgehead atoms. The number of carbonyl (C=O) groups excluding carboxylic acids is 1. The molecule has 2 aliphatic rings. The van der Waals surface area contributed by atoms with Crippen molar-refractivity contribution in [3.63, 3.8) is 0 Å². The summed E-state index contributed by atoms with van der Waals surface area (Å²) in [7, 11) is 0. The van der Waals surface area contributed by atoms with E-state index in [1.54, 1.807) is 0 Å². The van der Waals surface area contributed by atoms with Crippen molar-refractivity contribution in [1.29, 1.82) is 0 Å². The first-order valence-corrected chi connectivity index (χ1v) is 8.63. The van der Waals surface area contributed by atoms with Gasteiger partial charge in [0.1, 0.15) is 5.75 Å². The van der Waals surface area contributed by atoms with Crippen molar-refractivity contribution in [2.45, 2.75) is 31.8 Å². The van der Waals surface area contributed by atoms with Crippen molar-refractivity contribution >= 4 is 6.03 Å². The van der Waals surface area contributed by atoms with Crippen molar-refractivity contribution in [2.75, 3.05) is 32.8 Å². The minimum absolute atomic E-state index is 0.0444. The van der Waals surface area contributed by atoms with Crippen LogP contribution in [0.5, 0.6) is 5.75 Å². The molecule has 2 fully saturated rings. The number of piperidine rings is 1. The van der Waals surface area contributed by atoms with E-state index in [2.05, 4.69) is 5.32 Å². The Labute approximate surface area is 137 Å². The Kier molecular flexibility index (Phi) is 5.75. The molecule has 0 radical (unpaired) electrons. The molecule has 1 aromatic carbocycles. The molecule has 3 rings (SSSR count). The first kappa shape index (κ1) is 16.1. The van der Waals surface area contributed by atoms with Gasteiger partial charge in [0.05, 0.1) is 12.7 Å². The zero-order chi connectivity index (χ0) is 15.9. The molecular weight excluding hydrogens is 292 g/mol. The SMILES string of the molecule is O=C(NC[C@H]1CCCO1)N1CCC(COc2ccccc2)CC1. The number of likely N-dealkylation sites (tertiary alicyclic amines) is 1. The van der Waals surface area contributed by atoms with Gasteiger partial charge < -0.3 is 19.7 Å². The quantitative estimate of drug-likeness (QED) is 0.908. The highest BCUT2D eigenvalue weighted by Crippen LogP contribution is 2.19. The molecule has 0 saturated carbocycles. The second-order valence-corrected chi connectivity index (χ2v) is 6.38. The molecular formula is C18H26N2O3. The van der Waals surface area contributed by atoms with Crippen LogP contribution < -0.4 is 10.1 Å². The summed E-state index contributed by atoms with van der Waals surface area (Å²) in [6.45, 7) is 3.80. The van der Waals surface area contributed by atoms with Crippen molar-refractivity contribution in [3.8, 4) is 5.75 Å². The van der Waals surface area contributed by atoms with Gasteiger partial charge in [0.2, 0.25) is 0 Å². The standard InChI is InChI=1S/C18H26N2O3/c21-18(19-13-17-7-4-12-22-17)20-10-8-15(9-11-20)14-23-16-5-2-1-3-6-16/h1-3,5-6,15,17H,4,7-14H2,(H,19,21)/t17-/m1/s1. The highest BCUT2D eigenvalue weighted by Gasteiger charge is 2.24. The summed E-state index contributed by atoms with van der Waals surface area (Å²) in [5.41, 5.74) is 0. The number of ether oxygens (including phenoxy) is 2. The lowest BCUT2D eigenvalue weighted by atomic mass is 9.98. The predicted molar refractivity (Wildman–Crippen MR) is 88.6 cm³/mol. The zero-order valence-electron chi connectivity index (χ0n) is 13.6. The summed E-state index contributed by atoms with van der Waals surface area (Å²) >= 11 is 0. The van der Waals surface area contributed by atoms with Crippen LogP contribution in [0.25, 0.3) is 0 Å². The van der Waals surface area contributed by atoms with Crippen LogP contribution in [0.3, 0.4) is 0 Å². The van der Waals surface area contributed by atoms with Crippen LogP contribution in [0.4, 0.5) is 4.79 Å². The summed E-state index contributed by atoms with van der Waals surface area (Å²) in [6, 6.07) is 9.96. The summed E-state index contributed by atoms with van der Waals surface area (Å²) in [5.74, 6) is 1.45. The largest absolute Gasteiger partial charge is 0.493 e. The summed E-state index contributed by atoms with van der Waals surface area (Å²) in [5, 5.41) is 3.00. The van der Waals surface area contributed by atoms with E-state index in [0.29, 0.717) is 12.5 Å². The Hall–Kier alpha value is -1.75. The molecule has 1 aromatic rings. The highest BCUT2D eigenvalue weighted by atomic mass is 16.5. The lowest BCUT2D eigenvalue weighted by molar-refractivity contribution is 0.105. The Morgan fingerprint density at radius 1 is 1.22 bits per heavy atom. The van der Waals surface area contributed by atoms with Gasteiger partial charge in [-0.25, -0.2) is 4.79 Å². The molecule has 5 nitrogen and oxygen atoms in total. The van der Waals surface area contributed by atoms with Gasteiger partial charge in [-0.05, 0) is 43.7 Å². The maximum absolute atomic E-state index is 12.2. The van der Waals surface area contributed by atoms with Crippen molar-refractivity contribution in [1.82, 2.24) is 10.2 Å². The number of amides is 2. The monoisotopic (exact) mass is 318 g/mol. The molecule has 23 heavy (non-hydrogen) atoms. The number of hydrogen-bond acceptors (Lipinski definition) is 3. The molecule has 5 heteroatoms. The summed E-state index contributed by atoms with van der Waals surface area (Å²) < 4.78 is 11.4. The predicted octanol–water partition coefficient (Wildman–Crippen LogP) is 2.67. The van der Waals surface area contributed by atoms with Gasteiger partial charge in [-0.2, -0.15) is 0 Å². The maximum Gasteiger partial charge on any atom is 0.317 e. The van der Waals surface area contributed by atoms with E-state index in [4.69, 9.17) is 9.47 Å². The van der Waals surface area contributed by atoms with Gasteiger partial charge in [0.25, 0.3) is 0 Å². The van der Waals surface area contributed by atoms with Crippen molar-refractivity contribution in [3.05, 3.63) is 30.3 Å². The van der Waals surface area contributed by atoms with Crippen LogP contribution in [-0.4, -0.2) is 49.9 Å². The minimum Gasteiger partial charge on any atom is -0.493 e. The molecule has 126 valence electrons. The molecule has 1 N–H and O–H groups in total. The number of nitrogens with zero attached hydrogens (tertiary/aromatic N) is 1. The number of para-hydroxylation sites is 1. The van der Waals surface area contributed by atoms with E-state index in [9.17, 15) is 4.79 Å². The summed E-state index contributed by atoms with van der Waals surface area (Å²) in [4.78, 5) is 14.1. The Balaban J connectivity index is 1.33. The van der Waals surface area contributed by atoms with Gasteiger partial charge in [0.15, 0.2) is 0 Å². The maximum atomic E-state index is 12.2. The Morgan fingerprint density at radius 2 is 2.00 bits per heavy atom. The third-order valence-electron chi connectivity index (χ3n) is 4.64. The second-order valence-electron chi connectivity index (χ2n) is 6.38. The lowest BCUT2D eigenvalue weighted by Gasteiger charge is -2.32. The van der Waals surface area contributed by atoms with Crippen LogP contribution in [-0.2, 0) is 4.74 Å². The van der Waals surface area contributed by atoms with Crippen LogP contribution >= 0.6 is 0 Å². The fourth-order valence-corrected chi connectivity index (χ4v) is 3.15.